The molecule has 9 heteroatoms. The summed E-state index contributed by atoms with van der Waals surface area (Å²) in [6.45, 7) is 1.27. The molecule has 0 fully saturated rings. The highest BCUT2D eigenvalue weighted by molar-refractivity contribution is 5.24. The van der Waals surface area contributed by atoms with Crippen molar-refractivity contribution in [1.29, 1.82) is 0 Å². The molecule has 0 spiro atoms. The molecule has 0 aliphatic rings. The van der Waals surface area contributed by atoms with Gasteiger partial charge in [-0.05, 0) is 12.1 Å². The Morgan fingerprint density at radius 2 is 1.73 bits per heavy atom. The lowest BCUT2D eigenvalue weighted by atomic mass is 10.0. The van der Waals surface area contributed by atoms with E-state index in [9.17, 15) is 22.0 Å². The smallest absolute Gasteiger partial charge is 0.408 e. The minimum Gasteiger partial charge on any atom is -0.424 e. The van der Waals surface area contributed by atoms with Crippen molar-refractivity contribution >= 4 is 0 Å². The first-order valence-corrected chi connectivity index (χ1v) is 6.38. The largest absolute Gasteiger partial charge is 0.424 e. The zero-order chi connectivity index (χ0) is 16.3. The molecule has 1 aromatic heterocycles. The number of nitrogens with zero attached hydrogens (tertiary/aromatic N) is 2. The van der Waals surface area contributed by atoms with Crippen LogP contribution in [0.25, 0.3) is 0 Å². The summed E-state index contributed by atoms with van der Waals surface area (Å²) >= 11 is 0. The van der Waals surface area contributed by atoms with Crippen LogP contribution in [0.1, 0.15) is 30.3 Å². The maximum atomic E-state index is 13.6. The molecule has 0 aliphatic carbocycles. The van der Waals surface area contributed by atoms with Crippen LogP contribution in [0.4, 0.5) is 22.0 Å². The van der Waals surface area contributed by atoms with Crippen molar-refractivity contribution < 1.29 is 26.4 Å². The number of aryl methyl sites for hydroxylation is 1. The molecule has 1 atom stereocenters. The topological polar surface area (TPSA) is 51.0 Å². The highest BCUT2D eigenvalue weighted by Crippen LogP contribution is 2.35. The first-order chi connectivity index (χ1) is 10.3. The molecule has 0 aliphatic heterocycles. The number of rotatable bonds is 5. The molecular formula is C13H12F5N3O. The van der Waals surface area contributed by atoms with Gasteiger partial charge in [0, 0.05) is 12.0 Å². The minimum atomic E-state index is -4.89. The van der Waals surface area contributed by atoms with Crippen LogP contribution in [-0.4, -0.2) is 16.4 Å². The molecule has 1 heterocycles. The molecular weight excluding hydrogens is 309 g/mol. The van der Waals surface area contributed by atoms with Crippen LogP contribution >= 0.6 is 0 Å². The van der Waals surface area contributed by atoms with E-state index < -0.39 is 36.0 Å². The Balaban J connectivity index is 2.24. The Morgan fingerprint density at radius 1 is 1.14 bits per heavy atom. The lowest BCUT2D eigenvalue weighted by molar-refractivity contribution is -0.159. The highest BCUT2D eigenvalue weighted by Gasteiger charge is 2.43. The van der Waals surface area contributed by atoms with Crippen molar-refractivity contribution in [3.8, 4) is 0 Å². The van der Waals surface area contributed by atoms with Gasteiger partial charge < -0.3 is 4.42 Å². The molecule has 1 aromatic carbocycles. The monoisotopic (exact) mass is 321 g/mol. The van der Waals surface area contributed by atoms with Crippen LogP contribution in [0.2, 0.25) is 0 Å². The van der Waals surface area contributed by atoms with E-state index in [0.717, 1.165) is 18.2 Å². The predicted molar refractivity (Wildman–Crippen MR) is 65.7 cm³/mol. The summed E-state index contributed by atoms with van der Waals surface area (Å²) in [7, 11) is 0. The van der Waals surface area contributed by atoms with Gasteiger partial charge in [0.15, 0.2) is 0 Å². The molecule has 2 aromatic rings. The molecule has 0 saturated heterocycles. The van der Waals surface area contributed by atoms with Gasteiger partial charge in [-0.1, -0.05) is 13.0 Å². The zero-order valence-corrected chi connectivity index (χ0v) is 11.4. The predicted octanol–water partition coefficient (Wildman–Crippen LogP) is 3.30. The van der Waals surface area contributed by atoms with E-state index in [1.165, 1.54) is 0 Å². The van der Waals surface area contributed by atoms with Crippen LogP contribution in [0.3, 0.4) is 0 Å². The number of hydrogen-bond acceptors (Lipinski definition) is 4. The molecule has 0 radical (unpaired) electrons. The van der Waals surface area contributed by atoms with Crippen LogP contribution in [0.5, 0.6) is 0 Å². The molecule has 22 heavy (non-hydrogen) atoms. The summed E-state index contributed by atoms with van der Waals surface area (Å²) in [5.74, 6) is -2.40. The van der Waals surface area contributed by atoms with Crippen molar-refractivity contribution in [3.05, 3.63) is 47.2 Å². The SMILES string of the molecule is CCc1nnc(CNC(c2c(F)cccc2F)C(F)(F)F)o1. The summed E-state index contributed by atoms with van der Waals surface area (Å²) in [5.41, 5.74) is -1.09. The van der Waals surface area contributed by atoms with E-state index in [4.69, 9.17) is 4.42 Å². The standard InChI is InChI=1S/C13H12F5N3O/c1-2-9-20-21-10(22-9)6-19-12(13(16,17)18)11-7(14)4-3-5-8(11)15/h3-5,12,19H,2,6H2,1H3. The Kier molecular flexibility index (Phi) is 4.74. The number of aromatic nitrogens is 2. The van der Waals surface area contributed by atoms with Crippen molar-refractivity contribution in [1.82, 2.24) is 15.5 Å². The summed E-state index contributed by atoms with van der Waals surface area (Å²) in [4.78, 5) is 0. The van der Waals surface area contributed by atoms with Gasteiger partial charge in [0.05, 0.1) is 6.54 Å². The van der Waals surface area contributed by atoms with E-state index in [2.05, 4.69) is 10.2 Å². The van der Waals surface area contributed by atoms with Crippen molar-refractivity contribution in [3.63, 3.8) is 0 Å². The summed E-state index contributed by atoms with van der Waals surface area (Å²) in [5, 5.41) is 9.15. The first-order valence-electron chi connectivity index (χ1n) is 6.38. The van der Waals surface area contributed by atoms with Gasteiger partial charge in [0.25, 0.3) is 0 Å². The molecule has 2 rings (SSSR count). The third-order valence-corrected chi connectivity index (χ3v) is 2.88. The fourth-order valence-corrected chi connectivity index (χ4v) is 1.86. The maximum Gasteiger partial charge on any atom is 0.408 e. The van der Waals surface area contributed by atoms with Crippen LogP contribution in [0.15, 0.2) is 22.6 Å². The molecule has 0 saturated carbocycles. The molecule has 1 unspecified atom stereocenters. The van der Waals surface area contributed by atoms with Crippen LogP contribution in [0, 0.1) is 11.6 Å². The average molecular weight is 321 g/mol. The number of benzene rings is 1. The normalized spacial score (nSPS) is 13.4. The maximum absolute atomic E-state index is 13.6. The second-order valence-electron chi connectivity index (χ2n) is 4.43. The van der Waals surface area contributed by atoms with E-state index >= 15 is 0 Å². The molecule has 1 N–H and O–H groups in total. The van der Waals surface area contributed by atoms with Gasteiger partial charge in [0.2, 0.25) is 11.8 Å². The number of nitrogens with one attached hydrogen (secondary N) is 1. The quantitative estimate of drug-likeness (QED) is 0.859. The summed E-state index contributed by atoms with van der Waals surface area (Å²) < 4.78 is 71.5. The fraction of sp³-hybridized carbons (Fsp3) is 0.385. The third kappa shape index (κ3) is 3.59. The second kappa shape index (κ2) is 6.39. The van der Waals surface area contributed by atoms with Crippen molar-refractivity contribution in [2.75, 3.05) is 0 Å². The van der Waals surface area contributed by atoms with Gasteiger partial charge >= 0.3 is 6.18 Å². The fourth-order valence-electron chi connectivity index (χ4n) is 1.86. The van der Waals surface area contributed by atoms with Gasteiger partial charge in [-0.2, -0.15) is 13.2 Å². The van der Waals surface area contributed by atoms with Gasteiger partial charge in [-0.3, -0.25) is 5.32 Å². The Bertz CT molecular complexity index is 621. The average Bonchev–Trinajstić information content (AvgIpc) is 2.88. The lowest BCUT2D eigenvalue weighted by Crippen LogP contribution is -2.35. The van der Waals surface area contributed by atoms with Gasteiger partial charge in [-0.15, -0.1) is 10.2 Å². The Morgan fingerprint density at radius 3 is 2.23 bits per heavy atom. The van der Waals surface area contributed by atoms with Gasteiger partial charge in [-0.25, -0.2) is 8.78 Å². The van der Waals surface area contributed by atoms with Gasteiger partial charge in [0.1, 0.15) is 17.7 Å². The zero-order valence-electron chi connectivity index (χ0n) is 11.4. The minimum absolute atomic E-state index is 0.0946. The molecule has 4 nitrogen and oxygen atoms in total. The lowest BCUT2D eigenvalue weighted by Gasteiger charge is -2.22. The second-order valence-corrected chi connectivity index (χ2v) is 4.43. The Hall–Kier alpha value is -2.03. The van der Waals surface area contributed by atoms with E-state index in [1.54, 1.807) is 6.92 Å². The van der Waals surface area contributed by atoms with E-state index in [1.807, 2.05) is 5.32 Å². The third-order valence-electron chi connectivity index (χ3n) is 2.88. The number of halogens is 5. The Labute approximate surface area is 122 Å². The van der Waals surface area contributed by atoms with Crippen molar-refractivity contribution in [2.24, 2.45) is 0 Å². The van der Waals surface area contributed by atoms with Crippen LogP contribution in [-0.2, 0) is 13.0 Å². The molecule has 120 valence electrons. The van der Waals surface area contributed by atoms with E-state index in [0.29, 0.717) is 6.42 Å². The molecule has 0 amide bonds. The number of hydrogen-bond donors (Lipinski definition) is 1. The summed E-state index contributed by atoms with van der Waals surface area (Å²) in [6.07, 6.45) is -4.46. The molecule has 0 bridgehead atoms. The first kappa shape index (κ1) is 16.3. The summed E-state index contributed by atoms with van der Waals surface area (Å²) in [6, 6.07) is -0.000132. The number of alkyl halides is 3. The van der Waals surface area contributed by atoms with Crippen molar-refractivity contribution in [2.45, 2.75) is 32.1 Å². The van der Waals surface area contributed by atoms with E-state index in [-0.39, 0.29) is 11.8 Å². The highest BCUT2D eigenvalue weighted by atomic mass is 19.4. The van der Waals surface area contributed by atoms with Crippen LogP contribution < -0.4 is 5.32 Å².